The molecule has 2 N–H and O–H groups in total. The Morgan fingerprint density at radius 3 is 2.71 bits per heavy atom. The third kappa shape index (κ3) is 4.38. The van der Waals surface area contributed by atoms with Crippen LogP contribution in [0.2, 0.25) is 0 Å². The van der Waals surface area contributed by atoms with Crippen LogP contribution in [0.3, 0.4) is 0 Å². The highest BCUT2D eigenvalue weighted by Crippen LogP contribution is 2.32. The first-order chi connectivity index (χ1) is 9.88. The fourth-order valence-corrected chi connectivity index (χ4v) is 3.38. The molecule has 2 rings (SSSR count). The maximum atomic E-state index is 4.74. The van der Waals surface area contributed by atoms with Crippen LogP contribution in [-0.2, 0) is 11.8 Å². The average molecular weight is 306 g/mol. The van der Waals surface area contributed by atoms with Gasteiger partial charge in [0.2, 0.25) is 0 Å². The summed E-state index contributed by atoms with van der Waals surface area (Å²) in [5.41, 5.74) is 1.29. The maximum Gasteiger partial charge on any atom is 0.106 e. The smallest absolute Gasteiger partial charge is 0.106 e. The molecule has 0 aliphatic heterocycles. The molecule has 2 aromatic rings. The Morgan fingerprint density at radius 1 is 1.38 bits per heavy atom. The minimum absolute atomic E-state index is 0.132. The topological polar surface area (TPSA) is 53.6 Å². The lowest BCUT2D eigenvalue weighted by molar-refractivity contribution is 0.558. The summed E-state index contributed by atoms with van der Waals surface area (Å²) in [7, 11) is 0. The van der Waals surface area contributed by atoms with E-state index >= 15 is 0 Å². The average Bonchev–Trinajstić information content (AvgIpc) is 3.02. The van der Waals surface area contributed by atoms with Gasteiger partial charge in [-0.3, -0.25) is 0 Å². The van der Waals surface area contributed by atoms with E-state index in [1.54, 1.807) is 6.20 Å². The summed E-state index contributed by atoms with van der Waals surface area (Å²) in [5, 5.41) is 4.82. The number of nitrogens with zero attached hydrogens (tertiary/aromatic N) is 2. The Hall–Kier alpha value is -1.20. The van der Waals surface area contributed by atoms with E-state index in [1.165, 1.54) is 9.88 Å². The van der Waals surface area contributed by atoms with Gasteiger partial charge < -0.3 is 10.3 Å². The number of aryl methyl sites for hydroxylation is 2. The molecule has 4 nitrogen and oxygen atoms in total. The Bertz CT molecular complexity index is 551. The van der Waals surface area contributed by atoms with Gasteiger partial charge in [0, 0.05) is 35.1 Å². The standard InChI is InChI=1S/C16H26N4S/c1-11(17-8-6-7-13-18-9-10-19-13)14-12(2)20-15(21-14)16(3,4)5/h9-11,17H,6-8H2,1-5H3,(H,18,19). The molecule has 116 valence electrons. The van der Waals surface area contributed by atoms with E-state index in [1.807, 2.05) is 17.5 Å². The zero-order chi connectivity index (χ0) is 15.5. The lowest BCUT2D eigenvalue weighted by atomic mass is 9.98. The molecular weight excluding hydrogens is 280 g/mol. The van der Waals surface area contributed by atoms with Crippen LogP contribution in [0.5, 0.6) is 0 Å². The maximum absolute atomic E-state index is 4.74. The molecule has 1 unspecified atom stereocenters. The van der Waals surface area contributed by atoms with Crippen molar-refractivity contribution >= 4 is 11.3 Å². The van der Waals surface area contributed by atoms with Crippen molar-refractivity contribution < 1.29 is 0 Å². The quantitative estimate of drug-likeness (QED) is 0.799. The Morgan fingerprint density at radius 2 is 2.14 bits per heavy atom. The summed E-state index contributed by atoms with van der Waals surface area (Å²) in [6.07, 6.45) is 5.75. The first-order valence-corrected chi connectivity index (χ1v) is 8.39. The first-order valence-electron chi connectivity index (χ1n) is 7.57. The Labute approximate surface area is 131 Å². The fraction of sp³-hybridized carbons (Fsp3) is 0.625. The summed E-state index contributed by atoms with van der Waals surface area (Å²) in [4.78, 5) is 13.5. The van der Waals surface area contributed by atoms with Crippen molar-refractivity contribution in [3.05, 3.63) is 33.8 Å². The molecule has 0 amide bonds. The summed E-state index contributed by atoms with van der Waals surface area (Å²) < 4.78 is 0. The molecule has 1 atom stereocenters. The molecular formula is C16H26N4S. The van der Waals surface area contributed by atoms with Gasteiger partial charge in [-0.05, 0) is 26.8 Å². The number of hydrogen-bond acceptors (Lipinski definition) is 4. The van der Waals surface area contributed by atoms with E-state index in [2.05, 4.69) is 49.9 Å². The molecule has 5 heteroatoms. The molecule has 0 radical (unpaired) electrons. The second-order valence-electron chi connectivity index (χ2n) is 6.53. The largest absolute Gasteiger partial charge is 0.349 e. The number of H-pyrrole nitrogens is 1. The normalized spacial score (nSPS) is 13.6. The molecule has 0 aliphatic rings. The number of hydrogen-bond donors (Lipinski definition) is 2. The van der Waals surface area contributed by atoms with E-state index in [0.29, 0.717) is 6.04 Å². The van der Waals surface area contributed by atoms with Crippen LogP contribution < -0.4 is 5.32 Å². The number of aromatic nitrogens is 3. The van der Waals surface area contributed by atoms with E-state index in [-0.39, 0.29) is 5.41 Å². The van der Waals surface area contributed by atoms with Gasteiger partial charge in [0.15, 0.2) is 0 Å². The minimum atomic E-state index is 0.132. The molecule has 21 heavy (non-hydrogen) atoms. The first kappa shape index (κ1) is 16.2. The van der Waals surface area contributed by atoms with Crippen molar-refractivity contribution in [1.29, 1.82) is 0 Å². The highest BCUT2D eigenvalue weighted by molar-refractivity contribution is 7.12. The van der Waals surface area contributed by atoms with Gasteiger partial charge in [-0.2, -0.15) is 0 Å². The fourth-order valence-electron chi connectivity index (χ4n) is 2.23. The predicted molar refractivity (Wildman–Crippen MR) is 88.9 cm³/mol. The number of thiazole rings is 1. The van der Waals surface area contributed by atoms with E-state index in [0.717, 1.165) is 30.9 Å². The highest BCUT2D eigenvalue weighted by Gasteiger charge is 2.22. The molecule has 0 saturated carbocycles. The van der Waals surface area contributed by atoms with Crippen molar-refractivity contribution in [2.45, 2.75) is 58.9 Å². The van der Waals surface area contributed by atoms with Crippen molar-refractivity contribution in [2.75, 3.05) is 6.54 Å². The van der Waals surface area contributed by atoms with Gasteiger partial charge in [0.1, 0.15) is 5.82 Å². The number of imidazole rings is 1. The third-order valence-electron chi connectivity index (χ3n) is 3.46. The summed E-state index contributed by atoms with van der Waals surface area (Å²) >= 11 is 1.84. The van der Waals surface area contributed by atoms with Gasteiger partial charge >= 0.3 is 0 Å². The third-order valence-corrected chi connectivity index (χ3v) is 5.23. The lowest BCUT2D eigenvalue weighted by Crippen LogP contribution is -2.20. The minimum Gasteiger partial charge on any atom is -0.349 e. The van der Waals surface area contributed by atoms with Crippen LogP contribution in [0.1, 0.15) is 61.6 Å². The molecule has 0 aliphatic carbocycles. The van der Waals surface area contributed by atoms with Crippen LogP contribution in [0.4, 0.5) is 0 Å². The second kappa shape index (κ2) is 6.71. The van der Waals surface area contributed by atoms with Gasteiger partial charge in [-0.15, -0.1) is 11.3 Å². The molecule has 2 aromatic heterocycles. The molecule has 0 spiro atoms. The van der Waals surface area contributed by atoms with Crippen molar-refractivity contribution in [3.63, 3.8) is 0 Å². The van der Waals surface area contributed by atoms with E-state index < -0.39 is 0 Å². The summed E-state index contributed by atoms with van der Waals surface area (Å²) in [6, 6.07) is 0.357. The van der Waals surface area contributed by atoms with Crippen LogP contribution in [-0.4, -0.2) is 21.5 Å². The van der Waals surface area contributed by atoms with Crippen molar-refractivity contribution in [1.82, 2.24) is 20.3 Å². The molecule has 0 bridgehead atoms. The zero-order valence-electron chi connectivity index (χ0n) is 13.7. The van der Waals surface area contributed by atoms with Gasteiger partial charge in [0.25, 0.3) is 0 Å². The van der Waals surface area contributed by atoms with Crippen LogP contribution in [0.15, 0.2) is 12.4 Å². The van der Waals surface area contributed by atoms with Gasteiger partial charge in [-0.25, -0.2) is 9.97 Å². The second-order valence-corrected chi connectivity index (χ2v) is 7.56. The van der Waals surface area contributed by atoms with Gasteiger partial charge in [0.05, 0.1) is 10.7 Å². The van der Waals surface area contributed by atoms with E-state index in [4.69, 9.17) is 4.98 Å². The van der Waals surface area contributed by atoms with Crippen molar-refractivity contribution in [3.8, 4) is 0 Å². The zero-order valence-corrected chi connectivity index (χ0v) is 14.5. The summed E-state index contributed by atoms with van der Waals surface area (Å²) in [5.74, 6) is 1.06. The number of nitrogens with one attached hydrogen (secondary N) is 2. The van der Waals surface area contributed by atoms with E-state index in [9.17, 15) is 0 Å². The Kier molecular flexibility index (Phi) is 5.17. The molecule has 2 heterocycles. The molecule has 0 aromatic carbocycles. The molecule has 0 saturated heterocycles. The molecule has 0 fully saturated rings. The SMILES string of the molecule is Cc1nc(C(C)(C)C)sc1C(C)NCCCc1ncc[nH]1. The number of aromatic amines is 1. The lowest BCUT2D eigenvalue weighted by Gasteiger charge is -2.14. The van der Waals surface area contributed by atoms with Crippen LogP contribution >= 0.6 is 11.3 Å². The Balaban J connectivity index is 1.85. The van der Waals surface area contributed by atoms with Crippen LogP contribution in [0.25, 0.3) is 0 Å². The van der Waals surface area contributed by atoms with Crippen molar-refractivity contribution in [2.24, 2.45) is 0 Å². The van der Waals surface area contributed by atoms with Gasteiger partial charge in [-0.1, -0.05) is 20.8 Å². The summed E-state index contributed by atoms with van der Waals surface area (Å²) in [6.45, 7) is 12.0. The monoisotopic (exact) mass is 306 g/mol. The highest BCUT2D eigenvalue weighted by atomic mass is 32.1. The van der Waals surface area contributed by atoms with Crippen LogP contribution in [0, 0.1) is 6.92 Å². The number of rotatable bonds is 6. The predicted octanol–water partition coefficient (Wildman–Crippen LogP) is 3.76.